The number of ether oxygens (including phenoxy) is 1. The van der Waals surface area contributed by atoms with Crippen molar-refractivity contribution >= 4 is 23.2 Å². The lowest BCUT2D eigenvalue weighted by Gasteiger charge is -2.06. The molecule has 0 aliphatic heterocycles. The van der Waals surface area contributed by atoms with Crippen molar-refractivity contribution in [2.75, 3.05) is 6.61 Å². The van der Waals surface area contributed by atoms with E-state index in [0.717, 1.165) is 25.0 Å². The molecule has 0 aromatic heterocycles. The monoisotopic (exact) mass is 340 g/mol. The van der Waals surface area contributed by atoms with Crippen molar-refractivity contribution in [1.29, 1.82) is 0 Å². The molecule has 0 N–H and O–H groups in total. The molecule has 1 aromatic carbocycles. The number of rotatable bonds is 7. The molecule has 0 amide bonds. The van der Waals surface area contributed by atoms with Gasteiger partial charge < -0.3 is 4.74 Å². The molecular formula is C19H26Cl2O. The van der Waals surface area contributed by atoms with Crippen molar-refractivity contribution in [3.8, 4) is 5.75 Å². The molecule has 1 fully saturated rings. The van der Waals surface area contributed by atoms with E-state index < -0.39 is 4.33 Å². The summed E-state index contributed by atoms with van der Waals surface area (Å²) in [7, 11) is 0. The van der Waals surface area contributed by atoms with E-state index in [0.29, 0.717) is 12.5 Å². The Balaban J connectivity index is 1.74. The number of halogens is 2. The average molecular weight is 341 g/mol. The standard InChI is InChI=1S/C19H26Cl2O/c1-5-15-7-9-16(10-8-15)22-13-12-14(2)6-11-17-18(3,4)19(17,20)21/h7-10,12,17H,5-6,11,13H2,1-4H3. The van der Waals surface area contributed by atoms with Crippen LogP contribution < -0.4 is 4.74 Å². The highest BCUT2D eigenvalue weighted by atomic mass is 35.5. The van der Waals surface area contributed by atoms with Gasteiger partial charge in [0.05, 0.1) is 0 Å². The summed E-state index contributed by atoms with van der Waals surface area (Å²) in [5.74, 6) is 1.30. The molecule has 0 radical (unpaired) electrons. The molecule has 0 bridgehead atoms. The molecule has 1 saturated carbocycles. The summed E-state index contributed by atoms with van der Waals surface area (Å²) in [5, 5.41) is 0. The normalized spacial score (nSPS) is 22.5. The van der Waals surface area contributed by atoms with Crippen LogP contribution >= 0.6 is 23.2 Å². The fourth-order valence-electron chi connectivity index (χ4n) is 2.88. The summed E-state index contributed by atoms with van der Waals surface area (Å²) < 4.78 is 5.20. The van der Waals surface area contributed by atoms with Gasteiger partial charge in [-0.25, -0.2) is 0 Å². The summed E-state index contributed by atoms with van der Waals surface area (Å²) in [5.41, 5.74) is 2.70. The largest absolute Gasteiger partial charge is 0.490 e. The predicted octanol–water partition coefficient (Wildman–Crippen LogP) is 6.18. The Hall–Kier alpha value is -0.660. The lowest BCUT2D eigenvalue weighted by Crippen LogP contribution is -1.96. The van der Waals surface area contributed by atoms with E-state index in [4.69, 9.17) is 27.9 Å². The maximum absolute atomic E-state index is 6.31. The van der Waals surface area contributed by atoms with E-state index in [1.807, 2.05) is 12.1 Å². The van der Waals surface area contributed by atoms with Gasteiger partial charge in [0.25, 0.3) is 0 Å². The van der Waals surface area contributed by atoms with E-state index in [1.54, 1.807) is 0 Å². The lowest BCUT2D eigenvalue weighted by atomic mass is 10.0. The van der Waals surface area contributed by atoms with Crippen LogP contribution in [0.2, 0.25) is 0 Å². The van der Waals surface area contributed by atoms with Crippen molar-refractivity contribution in [3.05, 3.63) is 41.5 Å². The number of allylic oxidation sites excluding steroid dienone is 1. The summed E-state index contributed by atoms with van der Waals surface area (Å²) in [6.45, 7) is 9.18. The number of hydrogen-bond acceptors (Lipinski definition) is 1. The predicted molar refractivity (Wildman–Crippen MR) is 96.0 cm³/mol. The van der Waals surface area contributed by atoms with Gasteiger partial charge in [-0.15, -0.1) is 23.2 Å². The molecule has 0 spiro atoms. The second-order valence-corrected chi connectivity index (χ2v) is 8.18. The SMILES string of the molecule is CCc1ccc(OCC=C(C)CCC2C(C)(C)C2(Cl)Cl)cc1. The minimum atomic E-state index is -0.551. The first-order valence-corrected chi connectivity index (χ1v) is 8.79. The minimum absolute atomic E-state index is 0.0356. The Kier molecular flexibility index (Phi) is 5.50. The maximum Gasteiger partial charge on any atom is 0.127 e. The highest BCUT2D eigenvalue weighted by Crippen LogP contribution is 2.70. The van der Waals surface area contributed by atoms with Crippen molar-refractivity contribution in [2.24, 2.45) is 11.3 Å². The fourth-order valence-corrected chi connectivity index (χ4v) is 3.79. The van der Waals surface area contributed by atoms with Crippen molar-refractivity contribution in [3.63, 3.8) is 0 Å². The van der Waals surface area contributed by atoms with Gasteiger partial charge in [0, 0.05) is 11.3 Å². The summed E-state index contributed by atoms with van der Waals surface area (Å²) in [4.78, 5) is 0. The van der Waals surface area contributed by atoms with Crippen molar-refractivity contribution < 1.29 is 4.74 Å². The Bertz CT molecular complexity index is 515. The molecule has 1 unspecified atom stereocenters. The van der Waals surface area contributed by atoms with Crippen LogP contribution in [0.25, 0.3) is 0 Å². The molecule has 1 aliphatic rings. The van der Waals surface area contributed by atoms with Crippen LogP contribution in [0.3, 0.4) is 0 Å². The first kappa shape index (κ1) is 17.7. The molecule has 1 aromatic rings. The van der Waals surface area contributed by atoms with Crippen molar-refractivity contribution in [2.45, 2.75) is 51.3 Å². The zero-order valence-electron chi connectivity index (χ0n) is 14.0. The van der Waals surface area contributed by atoms with Crippen LogP contribution in [-0.2, 0) is 6.42 Å². The smallest absolute Gasteiger partial charge is 0.127 e. The number of aryl methyl sites for hydroxylation is 1. The first-order chi connectivity index (χ1) is 10.3. The summed E-state index contributed by atoms with van der Waals surface area (Å²) >= 11 is 12.6. The van der Waals surface area contributed by atoms with Gasteiger partial charge in [0.1, 0.15) is 16.7 Å². The molecule has 1 aliphatic carbocycles. The van der Waals surface area contributed by atoms with E-state index in [2.05, 4.69) is 45.9 Å². The molecule has 2 rings (SSSR count). The Morgan fingerprint density at radius 2 is 1.82 bits per heavy atom. The van der Waals surface area contributed by atoms with Gasteiger partial charge in [-0.05, 0) is 50.0 Å². The molecule has 0 saturated heterocycles. The Labute approximate surface area is 144 Å². The highest BCUT2D eigenvalue weighted by molar-refractivity contribution is 6.51. The average Bonchev–Trinajstić information content (AvgIpc) is 2.87. The first-order valence-electron chi connectivity index (χ1n) is 8.04. The Morgan fingerprint density at radius 1 is 1.23 bits per heavy atom. The van der Waals surface area contributed by atoms with Crippen molar-refractivity contribution in [1.82, 2.24) is 0 Å². The molecule has 1 nitrogen and oxygen atoms in total. The third-order valence-corrected chi connectivity index (χ3v) is 6.43. The second-order valence-electron chi connectivity index (χ2n) is 6.79. The lowest BCUT2D eigenvalue weighted by molar-refractivity contribution is 0.361. The number of alkyl halides is 2. The quantitative estimate of drug-likeness (QED) is 0.425. The molecule has 0 heterocycles. The molecule has 122 valence electrons. The number of hydrogen-bond donors (Lipinski definition) is 0. The van der Waals surface area contributed by atoms with Crippen LogP contribution in [0, 0.1) is 11.3 Å². The van der Waals surface area contributed by atoms with Gasteiger partial charge in [0.15, 0.2) is 0 Å². The third-order valence-electron chi connectivity index (χ3n) is 4.93. The fraction of sp³-hybridized carbons (Fsp3) is 0.579. The zero-order valence-corrected chi connectivity index (χ0v) is 15.5. The van der Waals surface area contributed by atoms with Gasteiger partial charge in [-0.1, -0.05) is 38.5 Å². The topological polar surface area (TPSA) is 9.23 Å². The summed E-state index contributed by atoms with van der Waals surface area (Å²) in [6, 6.07) is 8.29. The van der Waals surface area contributed by atoms with E-state index >= 15 is 0 Å². The van der Waals surface area contributed by atoms with E-state index in [1.165, 1.54) is 11.1 Å². The summed E-state index contributed by atoms with van der Waals surface area (Å²) in [6.07, 6.45) is 5.26. The molecule has 1 atom stereocenters. The van der Waals surface area contributed by atoms with Gasteiger partial charge >= 0.3 is 0 Å². The van der Waals surface area contributed by atoms with Gasteiger partial charge in [0.2, 0.25) is 0 Å². The Morgan fingerprint density at radius 3 is 2.32 bits per heavy atom. The maximum atomic E-state index is 6.31. The molecule has 22 heavy (non-hydrogen) atoms. The van der Waals surface area contributed by atoms with Gasteiger partial charge in [-0.2, -0.15) is 0 Å². The molecular weight excluding hydrogens is 315 g/mol. The number of benzene rings is 1. The van der Waals surface area contributed by atoms with Crippen LogP contribution in [0.1, 0.15) is 46.1 Å². The molecule has 3 heteroatoms. The van der Waals surface area contributed by atoms with Crippen LogP contribution in [-0.4, -0.2) is 10.9 Å². The minimum Gasteiger partial charge on any atom is -0.490 e. The van der Waals surface area contributed by atoms with Crippen LogP contribution in [0.4, 0.5) is 0 Å². The van der Waals surface area contributed by atoms with E-state index in [9.17, 15) is 0 Å². The highest BCUT2D eigenvalue weighted by Gasteiger charge is 2.69. The zero-order chi connectivity index (χ0) is 16.4. The van der Waals surface area contributed by atoms with Crippen LogP contribution in [0.15, 0.2) is 35.9 Å². The second kappa shape index (κ2) is 6.84. The third kappa shape index (κ3) is 3.81. The van der Waals surface area contributed by atoms with Crippen LogP contribution in [0.5, 0.6) is 5.75 Å². The van der Waals surface area contributed by atoms with Gasteiger partial charge in [-0.3, -0.25) is 0 Å². The van der Waals surface area contributed by atoms with E-state index in [-0.39, 0.29) is 5.41 Å².